The Bertz CT molecular complexity index is 1080. The minimum absolute atomic E-state index is 0.136. The molecule has 0 radical (unpaired) electrons. The van der Waals surface area contributed by atoms with Crippen molar-refractivity contribution in [2.45, 2.75) is 13.0 Å². The lowest BCUT2D eigenvalue weighted by atomic mass is 10.2. The van der Waals surface area contributed by atoms with Crippen molar-refractivity contribution >= 4 is 34.3 Å². The van der Waals surface area contributed by atoms with Gasteiger partial charge in [0.15, 0.2) is 0 Å². The number of rotatable bonds is 7. The van der Waals surface area contributed by atoms with Gasteiger partial charge in [-0.05, 0) is 48.5 Å². The molecule has 0 unspecified atom stereocenters. The van der Waals surface area contributed by atoms with E-state index in [0.717, 1.165) is 21.3 Å². The van der Waals surface area contributed by atoms with Gasteiger partial charge in [0.2, 0.25) is 5.91 Å². The molecular weight excluding hydrogens is 409 g/mol. The summed E-state index contributed by atoms with van der Waals surface area (Å²) in [4.78, 5) is 21.0. The molecule has 1 N–H and O–H groups in total. The Labute approximate surface area is 174 Å². The number of ether oxygens (including phenoxy) is 1. The van der Waals surface area contributed by atoms with Crippen LogP contribution < -0.4 is 10.1 Å². The zero-order chi connectivity index (χ0) is 20.1. The van der Waals surface area contributed by atoms with Gasteiger partial charge in [-0.2, -0.15) is 0 Å². The van der Waals surface area contributed by atoms with Crippen molar-refractivity contribution < 1.29 is 13.9 Å². The molecule has 4 rings (SSSR count). The number of hydrogen-bond donors (Lipinski definition) is 1. The molecule has 0 saturated heterocycles. The second kappa shape index (κ2) is 8.93. The molecule has 0 bridgehead atoms. The third-order valence-electron chi connectivity index (χ3n) is 3.96. The Morgan fingerprint density at radius 2 is 1.86 bits per heavy atom. The van der Waals surface area contributed by atoms with Crippen LogP contribution in [0.1, 0.15) is 10.7 Å². The van der Waals surface area contributed by atoms with E-state index in [1.165, 1.54) is 23.5 Å². The number of carbonyl (C=O) groups excluding carboxylic acids is 1. The predicted molar refractivity (Wildman–Crippen MR) is 113 cm³/mol. The number of benzene rings is 2. The summed E-state index contributed by atoms with van der Waals surface area (Å²) in [7, 11) is 0. The van der Waals surface area contributed by atoms with E-state index in [-0.39, 0.29) is 24.8 Å². The van der Waals surface area contributed by atoms with E-state index >= 15 is 0 Å². The molecule has 0 fully saturated rings. The maximum Gasteiger partial charge on any atom is 0.230 e. The molecule has 4 aromatic rings. The van der Waals surface area contributed by atoms with Gasteiger partial charge in [0.25, 0.3) is 0 Å². The van der Waals surface area contributed by atoms with Crippen LogP contribution in [0.2, 0.25) is 0 Å². The summed E-state index contributed by atoms with van der Waals surface area (Å²) in [6.07, 6.45) is 1.95. The highest BCUT2D eigenvalue weighted by Gasteiger charge is 2.09. The molecule has 1 amide bonds. The van der Waals surface area contributed by atoms with Crippen LogP contribution in [-0.4, -0.2) is 15.9 Å². The first-order valence-electron chi connectivity index (χ1n) is 8.77. The lowest BCUT2D eigenvalue weighted by molar-refractivity contribution is -0.115. The molecule has 5 nitrogen and oxygen atoms in total. The summed E-state index contributed by atoms with van der Waals surface area (Å²) in [5.41, 5.74) is 2.43. The molecule has 0 aliphatic carbocycles. The number of aromatic nitrogens is 2. The molecule has 29 heavy (non-hydrogen) atoms. The number of amides is 1. The number of halogens is 1. The van der Waals surface area contributed by atoms with E-state index in [9.17, 15) is 9.18 Å². The first kappa shape index (κ1) is 19.2. The van der Waals surface area contributed by atoms with Crippen LogP contribution in [0.4, 0.5) is 10.1 Å². The Hall–Kier alpha value is -3.10. The predicted octanol–water partition coefficient (Wildman–Crippen LogP) is 5.17. The highest BCUT2D eigenvalue weighted by Crippen LogP contribution is 2.23. The summed E-state index contributed by atoms with van der Waals surface area (Å²) >= 11 is 3.00. The van der Waals surface area contributed by atoms with E-state index in [1.54, 1.807) is 29.7 Å². The molecule has 2 heterocycles. The largest absolute Gasteiger partial charge is 0.486 e. The Morgan fingerprint density at radius 1 is 1.07 bits per heavy atom. The smallest absolute Gasteiger partial charge is 0.230 e. The second-order valence-electron chi connectivity index (χ2n) is 6.11. The van der Waals surface area contributed by atoms with Crippen LogP contribution in [0.15, 0.2) is 65.5 Å². The van der Waals surface area contributed by atoms with E-state index in [1.807, 2.05) is 35.0 Å². The van der Waals surface area contributed by atoms with Crippen molar-refractivity contribution in [3.8, 4) is 16.3 Å². The monoisotopic (exact) mass is 425 g/mol. The van der Waals surface area contributed by atoms with Gasteiger partial charge in [0.1, 0.15) is 28.2 Å². The maximum absolute atomic E-state index is 12.9. The van der Waals surface area contributed by atoms with Crippen molar-refractivity contribution in [3.05, 3.63) is 82.0 Å². The van der Waals surface area contributed by atoms with E-state index < -0.39 is 0 Å². The second-order valence-corrected chi connectivity index (χ2v) is 7.95. The Morgan fingerprint density at radius 3 is 2.59 bits per heavy atom. The molecule has 0 spiro atoms. The number of nitrogens with zero attached hydrogens (tertiary/aromatic N) is 2. The highest BCUT2D eigenvalue weighted by atomic mass is 32.1. The minimum atomic E-state index is -0.308. The van der Waals surface area contributed by atoms with E-state index in [0.29, 0.717) is 11.4 Å². The molecule has 0 atom stereocenters. The van der Waals surface area contributed by atoms with Gasteiger partial charge in [-0.3, -0.25) is 4.79 Å². The van der Waals surface area contributed by atoms with Crippen molar-refractivity contribution in [3.63, 3.8) is 0 Å². The summed E-state index contributed by atoms with van der Waals surface area (Å²) in [5, 5.41) is 8.35. The van der Waals surface area contributed by atoms with Gasteiger partial charge in [-0.1, -0.05) is 0 Å². The highest BCUT2D eigenvalue weighted by molar-refractivity contribution is 7.13. The molecule has 0 aliphatic heterocycles. The Kier molecular flexibility index (Phi) is 5.92. The number of thiazole rings is 2. The zero-order valence-corrected chi connectivity index (χ0v) is 16.8. The van der Waals surface area contributed by atoms with Crippen LogP contribution in [-0.2, 0) is 17.8 Å². The number of anilines is 1. The zero-order valence-electron chi connectivity index (χ0n) is 15.2. The standard InChI is InChI=1S/C21H16FN3O2S2/c22-15-3-7-18(8-4-15)27-12-20-25-17(13-29-20)11-19(26)24-16-5-1-14(2-6-16)21-23-9-10-28-21/h1-10,13H,11-12H2,(H,24,26). The summed E-state index contributed by atoms with van der Waals surface area (Å²) in [6, 6.07) is 13.4. The molecule has 0 saturated carbocycles. The van der Waals surface area contributed by atoms with Crippen LogP contribution in [0.3, 0.4) is 0 Å². The van der Waals surface area contributed by atoms with Gasteiger partial charge >= 0.3 is 0 Å². The van der Waals surface area contributed by atoms with Crippen molar-refractivity contribution in [1.29, 1.82) is 0 Å². The van der Waals surface area contributed by atoms with Crippen molar-refractivity contribution in [2.75, 3.05) is 5.32 Å². The SMILES string of the molecule is O=C(Cc1csc(COc2ccc(F)cc2)n1)Nc1ccc(-c2nccs2)cc1. The molecule has 2 aromatic carbocycles. The molecule has 0 aliphatic rings. The van der Waals surface area contributed by atoms with Gasteiger partial charge in [-0.15, -0.1) is 22.7 Å². The van der Waals surface area contributed by atoms with Gasteiger partial charge in [-0.25, -0.2) is 14.4 Å². The molecule has 8 heteroatoms. The van der Waals surface area contributed by atoms with Gasteiger partial charge in [0.05, 0.1) is 12.1 Å². The van der Waals surface area contributed by atoms with E-state index in [4.69, 9.17) is 4.74 Å². The fourth-order valence-electron chi connectivity index (χ4n) is 2.60. The number of nitrogens with one attached hydrogen (secondary N) is 1. The maximum atomic E-state index is 12.9. The summed E-state index contributed by atoms with van der Waals surface area (Å²) in [6.45, 7) is 0.274. The van der Waals surface area contributed by atoms with Crippen molar-refractivity contribution in [1.82, 2.24) is 9.97 Å². The average Bonchev–Trinajstić information content (AvgIpc) is 3.40. The lowest BCUT2D eigenvalue weighted by Crippen LogP contribution is -2.14. The first-order valence-corrected chi connectivity index (χ1v) is 10.5. The first-order chi connectivity index (χ1) is 14.2. The van der Waals surface area contributed by atoms with Crippen LogP contribution in [0, 0.1) is 5.82 Å². The molecular formula is C21H16FN3O2S2. The summed E-state index contributed by atoms with van der Waals surface area (Å²) < 4.78 is 18.5. The lowest BCUT2D eigenvalue weighted by Gasteiger charge is -2.05. The van der Waals surface area contributed by atoms with Gasteiger partial charge in [0, 0.05) is 28.2 Å². The third kappa shape index (κ3) is 5.24. The fraction of sp³-hybridized carbons (Fsp3) is 0.0952. The fourth-order valence-corrected chi connectivity index (χ4v) is 3.95. The van der Waals surface area contributed by atoms with Crippen molar-refractivity contribution in [2.24, 2.45) is 0 Å². The van der Waals surface area contributed by atoms with Gasteiger partial charge < -0.3 is 10.1 Å². The van der Waals surface area contributed by atoms with Crippen LogP contribution in [0.5, 0.6) is 5.75 Å². The quantitative estimate of drug-likeness (QED) is 0.444. The number of carbonyl (C=O) groups is 1. The van der Waals surface area contributed by atoms with Crippen LogP contribution in [0.25, 0.3) is 10.6 Å². The summed E-state index contributed by atoms with van der Waals surface area (Å²) in [5.74, 6) is 0.128. The van der Waals surface area contributed by atoms with E-state index in [2.05, 4.69) is 15.3 Å². The molecule has 146 valence electrons. The normalized spacial score (nSPS) is 10.7. The molecule has 2 aromatic heterocycles. The number of hydrogen-bond acceptors (Lipinski definition) is 6. The topological polar surface area (TPSA) is 64.1 Å². The average molecular weight is 426 g/mol. The van der Waals surface area contributed by atoms with Crippen LogP contribution >= 0.6 is 22.7 Å². The Balaban J connectivity index is 1.29. The third-order valence-corrected chi connectivity index (χ3v) is 5.66. The minimum Gasteiger partial charge on any atom is -0.486 e.